The van der Waals surface area contributed by atoms with Crippen molar-refractivity contribution in [2.75, 3.05) is 27.2 Å². The highest BCUT2D eigenvalue weighted by atomic mass is 35.5. The van der Waals surface area contributed by atoms with E-state index in [9.17, 15) is 4.79 Å². The van der Waals surface area contributed by atoms with Gasteiger partial charge in [0.1, 0.15) is 5.75 Å². The smallest absolute Gasteiger partial charge is 0.222 e. The van der Waals surface area contributed by atoms with E-state index in [4.69, 9.17) is 4.74 Å². The average Bonchev–Trinajstić information content (AvgIpc) is 2.52. The van der Waals surface area contributed by atoms with Crippen molar-refractivity contribution in [2.24, 2.45) is 0 Å². The normalized spacial score (nSPS) is 18.0. The lowest BCUT2D eigenvalue weighted by atomic mass is 10.0. The van der Waals surface area contributed by atoms with Crippen molar-refractivity contribution >= 4 is 18.3 Å². The second-order valence-corrected chi connectivity index (χ2v) is 5.32. The molecule has 1 heterocycles. The predicted molar refractivity (Wildman–Crippen MR) is 87.2 cm³/mol. The van der Waals surface area contributed by atoms with Gasteiger partial charge < -0.3 is 15.0 Å². The van der Waals surface area contributed by atoms with Gasteiger partial charge in [0.05, 0.1) is 7.11 Å². The van der Waals surface area contributed by atoms with Crippen LogP contribution >= 0.6 is 12.4 Å². The molecule has 2 rings (SSSR count). The first-order chi connectivity index (χ1) is 9.72. The number of piperidine rings is 1. The number of nitrogens with zero attached hydrogens (tertiary/aromatic N) is 1. The van der Waals surface area contributed by atoms with Crippen molar-refractivity contribution in [3.05, 3.63) is 29.8 Å². The fourth-order valence-electron chi connectivity index (χ4n) is 2.68. The Morgan fingerprint density at radius 3 is 3.00 bits per heavy atom. The van der Waals surface area contributed by atoms with E-state index in [1.54, 1.807) is 7.11 Å². The molecule has 1 unspecified atom stereocenters. The van der Waals surface area contributed by atoms with E-state index in [-0.39, 0.29) is 18.3 Å². The van der Waals surface area contributed by atoms with Crippen LogP contribution in [-0.2, 0) is 11.2 Å². The molecular weight excluding hydrogens is 288 g/mol. The lowest BCUT2D eigenvalue weighted by Crippen LogP contribution is -2.47. The number of hydrogen-bond donors (Lipinski definition) is 1. The molecule has 1 N–H and O–H groups in total. The minimum absolute atomic E-state index is 0. The zero-order valence-corrected chi connectivity index (χ0v) is 13.6. The van der Waals surface area contributed by atoms with Crippen LogP contribution in [0.4, 0.5) is 0 Å². The van der Waals surface area contributed by atoms with E-state index >= 15 is 0 Å². The number of carbonyl (C=O) groups is 1. The van der Waals surface area contributed by atoms with E-state index < -0.39 is 0 Å². The Balaban J connectivity index is 0.00000220. The van der Waals surface area contributed by atoms with E-state index in [0.717, 1.165) is 43.7 Å². The highest BCUT2D eigenvalue weighted by molar-refractivity contribution is 5.85. The van der Waals surface area contributed by atoms with Crippen molar-refractivity contribution < 1.29 is 9.53 Å². The Labute approximate surface area is 133 Å². The highest BCUT2D eigenvalue weighted by Crippen LogP contribution is 2.16. The van der Waals surface area contributed by atoms with Crippen LogP contribution in [-0.4, -0.2) is 44.1 Å². The molecule has 0 aromatic heterocycles. The van der Waals surface area contributed by atoms with Crippen molar-refractivity contribution in [3.63, 3.8) is 0 Å². The molecule has 0 saturated carbocycles. The van der Waals surface area contributed by atoms with Gasteiger partial charge in [-0.15, -0.1) is 12.4 Å². The largest absolute Gasteiger partial charge is 0.497 e. The molecule has 1 aliphatic heterocycles. The summed E-state index contributed by atoms with van der Waals surface area (Å²) in [7, 11) is 3.63. The third kappa shape index (κ3) is 5.21. The summed E-state index contributed by atoms with van der Waals surface area (Å²) in [5.74, 6) is 1.11. The number of aryl methyl sites for hydroxylation is 1. The fraction of sp³-hybridized carbons (Fsp3) is 0.562. The minimum Gasteiger partial charge on any atom is -0.497 e. The molecule has 1 fully saturated rings. The molecule has 0 aliphatic carbocycles. The Kier molecular flexibility index (Phi) is 7.54. The van der Waals surface area contributed by atoms with E-state index in [0.29, 0.717) is 12.5 Å². The number of methoxy groups -OCH3 is 1. The SMILES string of the molecule is CNC1CCCN(C(=O)CCc2cccc(OC)c2)C1.Cl. The topological polar surface area (TPSA) is 41.6 Å². The number of rotatable bonds is 5. The van der Waals surface area contributed by atoms with Crippen LogP contribution in [0.25, 0.3) is 0 Å². The summed E-state index contributed by atoms with van der Waals surface area (Å²) in [6.07, 6.45) is 3.60. The second kappa shape index (κ2) is 8.90. The van der Waals surface area contributed by atoms with Crippen LogP contribution in [0.3, 0.4) is 0 Å². The van der Waals surface area contributed by atoms with Gasteiger partial charge in [-0.2, -0.15) is 0 Å². The predicted octanol–water partition coefficient (Wildman–Crippen LogP) is 2.26. The number of amides is 1. The Morgan fingerprint density at radius 2 is 2.29 bits per heavy atom. The molecule has 0 bridgehead atoms. The number of ether oxygens (including phenoxy) is 1. The van der Waals surface area contributed by atoms with Crippen LogP contribution < -0.4 is 10.1 Å². The summed E-state index contributed by atoms with van der Waals surface area (Å²) in [6, 6.07) is 8.39. The molecule has 1 aliphatic rings. The van der Waals surface area contributed by atoms with Gasteiger partial charge in [0.25, 0.3) is 0 Å². The molecule has 1 aromatic carbocycles. The van der Waals surface area contributed by atoms with Crippen LogP contribution in [0.1, 0.15) is 24.8 Å². The number of likely N-dealkylation sites (N-methyl/N-ethyl adjacent to an activating group) is 1. The lowest BCUT2D eigenvalue weighted by molar-refractivity contribution is -0.132. The third-order valence-corrected chi connectivity index (χ3v) is 3.94. The number of carbonyl (C=O) groups excluding carboxylic acids is 1. The van der Waals surface area contributed by atoms with Crippen LogP contribution in [0.2, 0.25) is 0 Å². The monoisotopic (exact) mass is 312 g/mol. The van der Waals surface area contributed by atoms with Crippen LogP contribution in [0, 0.1) is 0 Å². The molecule has 1 saturated heterocycles. The summed E-state index contributed by atoms with van der Waals surface area (Å²) in [4.78, 5) is 14.2. The molecule has 0 spiro atoms. The van der Waals surface area contributed by atoms with Gasteiger partial charge in [0.2, 0.25) is 5.91 Å². The average molecular weight is 313 g/mol. The Morgan fingerprint density at radius 1 is 1.48 bits per heavy atom. The van der Waals surface area contributed by atoms with Crippen molar-refractivity contribution in [3.8, 4) is 5.75 Å². The Hall–Kier alpha value is -1.26. The third-order valence-electron chi connectivity index (χ3n) is 3.94. The standard InChI is InChI=1S/C16H24N2O2.ClH/c1-17-14-6-4-10-18(12-14)16(19)9-8-13-5-3-7-15(11-13)20-2;/h3,5,7,11,14,17H,4,6,8-10,12H2,1-2H3;1H. The van der Waals surface area contributed by atoms with E-state index in [1.807, 2.05) is 36.2 Å². The zero-order valence-electron chi connectivity index (χ0n) is 12.8. The van der Waals surface area contributed by atoms with Gasteiger partial charge in [-0.1, -0.05) is 12.1 Å². The first kappa shape index (κ1) is 17.8. The first-order valence-electron chi connectivity index (χ1n) is 7.31. The summed E-state index contributed by atoms with van der Waals surface area (Å²) in [5.41, 5.74) is 1.15. The molecular formula is C16H25ClN2O2. The molecule has 1 amide bonds. The minimum atomic E-state index is 0. The maximum absolute atomic E-state index is 12.3. The van der Waals surface area contributed by atoms with Gasteiger partial charge in [-0.25, -0.2) is 0 Å². The van der Waals surface area contributed by atoms with E-state index in [1.165, 1.54) is 0 Å². The zero-order chi connectivity index (χ0) is 14.4. The summed E-state index contributed by atoms with van der Waals surface area (Å²) >= 11 is 0. The van der Waals surface area contributed by atoms with Gasteiger partial charge >= 0.3 is 0 Å². The maximum Gasteiger partial charge on any atom is 0.222 e. The van der Waals surface area contributed by atoms with Crippen molar-refractivity contribution in [1.29, 1.82) is 0 Å². The number of nitrogens with one attached hydrogen (secondary N) is 1. The van der Waals surface area contributed by atoms with Crippen LogP contribution in [0.15, 0.2) is 24.3 Å². The van der Waals surface area contributed by atoms with Crippen LogP contribution in [0.5, 0.6) is 5.75 Å². The summed E-state index contributed by atoms with van der Waals surface area (Å²) in [6.45, 7) is 1.74. The summed E-state index contributed by atoms with van der Waals surface area (Å²) < 4.78 is 5.20. The van der Waals surface area contributed by atoms with Crippen molar-refractivity contribution in [2.45, 2.75) is 31.7 Å². The van der Waals surface area contributed by atoms with Gasteiger partial charge in [0, 0.05) is 25.6 Å². The molecule has 4 nitrogen and oxygen atoms in total. The molecule has 1 aromatic rings. The number of halogens is 1. The maximum atomic E-state index is 12.3. The molecule has 118 valence electrons. The first-order valence-corrected chi connectivity index (χ1v) is 7.31. The lowest BCUT2D eigenvalue weighted by Gasteiger charge is -2.32. The van der Waals surface area contributed by atoms with Gasteiger partial charge in [-0.3, -0.25) is 4.79 Å². The fourth-order valence-corrected chi connectivity index (χ4v) is 2.68. The molecule has 0 radical (unpaired) electrons. The highest BCUT2D eigenvalue weighted by Gasteiger charge is 2.22. The number of benzene rings is 1. The van der Waals surface area contributed by atoms with E-state index in [2.05, 4.69) is 5.32 Å². The second-order valence-electron chi connectivity index (χ2n) is 5.32. The summed E-state index contributed by atoms with van der Waals surface area (Å²) in [5, 5.41) is 3.27. The Bertz CT molecular complexity index is 454. The molecule has 1 atom stereocenters. The quantitative estimate of drug-likeness (QED) is 0.907. The molecule has 21 heavy (non-hydrogen) atoms. The number of hydrogen-bond acceptors (Lipinski definition) is 3. The van der Waals surface area contributed by atoms with Gasteiger partial charge in [-0.05, 0) is 44.0 Å². The van der Waals surface area contributed by atoms with Gasteiger partial charge in [0.15, 0.2) is 0 Å². The number of likely N-dealkylation sites (tertiary alicyclic amines) is 1. The van der Waals surface area contributed by atoms with Crippen molar-refractivity contribution in [1.82, 2.24) is 10.2 Å². The molecule has 5 heteroatoms.